The third-order valence-corrected chi connectivity index (χ3v) is 6.07. The molecule has 1 aliphatic heterocycles. The molecule has 0 saturated carbocycles. The molecule has 2 aromatic heterocycles. The fraction of sp³-hybridized carbons (Fsp3) is 0.208. The van der Waals surface area contributed by atoms with Crippen molar-refractivity contribution < 1.29 is 4.79 Å². The molecule has 5 rings (SSSR count). The summed E-state index contributed by atoms with van der Waals surface area (Å²) in [6.07, 6.45) is 3.48. The Morgan fingerprint density at radius 1 is 1.12 bits per heavy atom. The number of carbonyl (C=O) groups excluding carboxylic acids is 1. The first-order chi connectivity index (χ1) is 16.1. The van der Waals surface area contributed by atoms with Gasteiger partial charge in [0.2, 0.25) is 5.95 Å². The Balaban J connectivity index is 1.44. The number of fused-ring (bicyclic) bond motifs is 1. The average molecular weight is 462 g/mol. The maximum Gasteiger partial charge on any atom is 0.253 e. The number of halogens is 1. The predicted octanol–water partition coefficient (Wildman–Crippen LogP) is 3.59. The molecule has 168 valence electrons. The van der Waals surface area contributed by atoms with Gasteiger partial charge in [-0.1, -0.05) is 29.8 Å². The summed E-state index contributed by atoms with van der Waals surface area (Å²) in [5.41, 5.74) is 3.31. The van der Waals surface area contributed by atoms with E-state index in [0.29, 0.717) is 22.4 Å². The summed E-state index contributed by atoms with van der Waals surface area (Å²) in [6, 6.07) is 15.5. The Morgan fingerprint density at radius 2 is 1.94 bits per heavy atom. The Kier molecular flexibility index (Phi) is 5.85. The van der Waals surface area contributed by atoms with Gasteiger partial charge in [-0.25, -0.2) is 4.98 Å². The van der Waals surface area contributed by atoms with Gasteiger partial charge in [-0.15, -0.1) is 0 Å². The highest BCUT2D eigenvalue weighted by Gasteiger charge is 2.16. The van der Waals surface area contributed by atoms with E-state index in [1.807, 2.05) is 41.0 Å². The van der Waals surface area contributed by atoms with E-state index in [4.69, 9.17) is 11.6 Å². The predicted molar refractivity (Wildman–Crippen MR) is 132 cm³/mol. The summed E-state index contributed by atoms with van der Waals surface area (Å²) in [7, 11) is 1.62. The molecule has 8 nitrogen and oxygen atoms in total. The van der Waals surface area contributed by atoms with Gasteiger partial charge in [0.05, 0.1) is 21.8 Å². The van der Waals surface area contributed by atoms with Gasteiger partial charge >= 0.3 is 0 Å². The largest absolute Gasteiger partial charge is 0.369 e. The van der Waals surface area contributed by atoms with Crippen molar-refractivity contribution in [2.75, 3.05) is 43.4 Å². The second-order valence-electron chi connectivity index (χ2n) is 7.77. The van der Waals surface area contributed by atoms with Gasteiger partial charge in [-0.05, 0) is 30.3 Å². The number of hydrogen-bond acceptors (Lipinski definition) is 6. The fourth-order valence-electron chi connectivity index (χ4n) is 4.07. The fourth-order valence-corrected chi connectivity index (χ4v) is 4.30. The minimum atomic E-state index is -0.145. The van der Waals surface area contributed by atoms with Crippen molar-refractivity contribution in [2.24, 2.45) is 0 Å². The maximum absolute atomic E-state index is 12.4. The highest BCUT2D eigenvalue weighted by Crippen LogP contribution is 2.30. The molecule has 1 fully saturated rings. The molecule has 33 heavy (non-hydrogen) atoms. The molecular formula is C24H24ClN7O. The van der Waals surface area contributed by atoms with Crippen LogP contribution in [0.4, 0.5) is 17.3 Å². The van der Waals surface area contributed by atoms with Crippen molar-refractivity contribution in [3.63, 3.8) is 0 Å². The van der Waals surface area contributed by atoms with Gasteiger partial charge in [0.1, 0.15) is 5.82 Å². The first-order valence-corrected chi connectivity index (χ1v) is 11.2. The van der Waals surface area contributed by atoms with Crippen LogP contribution in [-0.2, 0) is 0 Å². The lowest BCUT2D eigenvalue weighted by atomic mass is 10.2. The number of carbonyl (C=O) groups is 1. The molecule has 1 amide bonds. The summed E-state index contributed by atoms with van der Waals surface area (Å²) < 4.78 is 1.89. The first-order valence-electron chi connectivity index (χ1n) is 10.8. The summed E-state index contributed by atoms with van der Waals surface area (Å²) in [4.78, 5) is 23.7. The van der Waals surface area contributed by atoms with Crippen molar-refractivity contribution in [1.82, 2.24) is 25.2 Å². The molecule has 3 heterocycles. The lowest BCUT2D eigenvalue weighted by molar-refractivity contribution is 0.0964. The van der Waals surface area contributed by atoms with Gasteiger partial charge in [-0.2, -0.15) is 4.98 Å². The van der Waals surface area contributed by atoms with Crippen LogP contribution in [0.2, 0.25) is 5.02 Å². The number of aromatic nitrogens is 3. The van der Waals surface area contributed by atoms with Gasteiger partial charge in [0.25, 0.3) is 5.91 Å². The van der Waals surface area contributed by atoms with Crippen LogP contribution in [0.5, 0.6) is 0 Å². The Bertz CT molecular complexity index is 1310. The molecular weight excluding hydrogens is 438 g/mol. The van der Waals surface area contributed by atoms with Crippen molar-refractivity contribution in [3.8, 4) is 5.82 Å². The summed E-state index contributed by atoms with van der Waals surface area (Å²) >= 11 is 6.58. The van der Waals surface area contributed by atoms with Crippen LogP contribution in [0.25, 0.3) is 16.7 Å². The van der Waals surface area contributed by atoms with E-state index in [2.05, 4.69) is 36.9 Å². The molecule has 0 spiro atoms. The molecule has 0 radical (unpaired) electrons. The summed E-state index contributed by atoms with van der Waals surface area (Å²) in [5.74, 6) is 0.921. The number of anilines is 3. The maximum atomic E-state index is 12.4. The molecule has 0 aliphatic carbocycles. The minimum Gasteiger partial charge on any atom is -0.369 e. The monoisotopic (exact) mass is 461 g/mol. The zero-order chi connectivity index (χ0) is 22.8. The van der Waals surface area contributed by atoms with Gasteiger partial charge in [0, 0.05) is 56.7 Å². The molecule has 9 heteroatoms. The van der Waals surface area contributed by atoms with E-state index in [9.17, 15) is 4.79 Å². The minimum absolute atomic E-state index is 0.145. The Hall–Kier alpha value is -3.62. The number of nitrogens with zero attached hydrogens (tertiary/aromatic N) is 4. The molecule has 3 N–H and O–H groups in total. The van der Waals surface area contributed by atoms with Crippen LogP contribution in [0.15, 0.2) is 60.9 Å². The standard InChI is InChI=1S/C24H24ClN7O/c1-26-23(33)18-15-32(21-5-3-2-4-17(18)21)22-8-9-28-24(30-22)29-20-7-6-16(14-19(20)25)31-12-10-27-11-13-31/h2-9,14-15,27H,10-13H2,1H3,(H,26,33)(H,28,29,30). The van der Waals surface area contributed by atoms with E-state index in [1.54, 1.807) is 25.5 Å². The Labute approximate surface area is 196 Å². The smallest absolute Gasteiger partial charge is 0.253 e. The summed E-state index contributed by atoms with van der Waals surface area (Å²) in [5, 5.41) is 10.7. The topological polar surface area (TPSA) is 87.1 Å². The van der Waals surface area contributed by atoms with Crippen LogP contribution < -0.4 is 20.9 Å². The highest BCUT2D eigenvalue weighted by atomic mass is 35.5. The zero-order valence-electron chi connectivity index (χ0n) is 18.2. The average Bonchev–Trinajstić information content (AvgIpc) is 3.25. The number of piperazine rings is 1. The van der Waals surface area contributed by atoms with Crippen molar-refractivity contribution in [2.45, 2.75) is 0 Å². The molecule has 2 aromatic carbocycles. The van der Waals surface area contributed by atoms with Crippen LogP contribution in [0.1, 0.15) is 10.4 Å². The lowest BCUT2D eigenvalue weighted by Crippen LogP contribution is -2.43. The van der Waals surface area contributed by atoms with Crippen molar-refractivity contribution >= 4 is 45.7 Å². The first kappa shape index (κ1) is 21.2. The normalized spacial score (nSPS) is 13.8. The van der Waals surface area contributed by atoms with Crippen molar-refractivity contribution in [3.05, 3.63) is 71.5 Å². The van der Waals surface area contributed by atoms with E-state index in [-0.39, 0.29) is 5.91 Å². The van der Waals surface area contributed by atoms with E-state index >= 15 is 0 Å². The van der Waals surface area contributed by atoms with E-state index in [0.717, 1.165) is 48.5 Å². The second kappa shape index (κ2) is 9.09. The number of rotatable bonds is 5. The molecule has 0 atom stereocenters. The number of amides is 1. The van der Waals surface area contributed by atoms with E-state index in [1.165, 1.54) is 0 Å². The van der Waals surface area contributed by atoms with E-state index < -0.39 is 0 Å². The van der Waals surface area contributed by atoms with Crippen LogP contribution in [0, 0.1) is 0 Å². The summed E-state index contributed by atoms with van der Waals surface area (Å²) in [6.45, 7) is 3.84. The number of nitrogens with one attached hydrogen (secondary N) is 3. The third kappa shape index (κ3) is 4.22. The van der Waals surface area contributed by atoms with Crippen LogP contribution in [-0.4, -0.2) is 53.7 Å². The third-order valence-electron chi connectivity index (χ3n) is 5.75. The van der Waals surface area contributed by atoms with Crippen LogP contribution >= 0.6 is 11.6 Å². The van der Waals surface area contributed by atoms with Gasteiger partial charge in [-0.3, -0.25) is 4.79 Å². The molecule has 4 aromatic rings. The molecule has 0 bridgehead atoms. The molecule has 1 aliphatic rings. The quantitative estimate of drug-likeness (QED) is 0.421. The molecule has 1 saturated heterocycles. The second-order valence-corrected chi connectivity index (χ2v) is 8.18. The van der Waals surface area contributed by atoms with Crippen molar-refractivity contribution in [1.29, 1.82) is 0 Å². The van der Waals surface area contributed by atoms with Gasteiger partial charge in [0.15, 0.2) is 0 Å². The van der Waals surface area contributed by atoms with Crippen LogP contribution in [0.3, 0.4) is 0 Å². The number of benzene rings is 2. The zero-order valence-corrected chi connectivity index (χ0v) is 18.9. The Morgan fingerprint density at radius 3 is 2.73 bits per heavy atom. The van der Waals surface area contributed by atoms with Gasteiger partial charge < -0.3 is 25.4 Å². The lowest BCUT2D eigenvalue weighted by Gasteiger charge is -2.29. The highest BCUT2D eigenvalue weighted by molar-refractivity contribution is 6.33. The number of para-hydroxylation sites is 1. The number of hydrogen-bond donors (Lipinski definition) is 3. The SMILES string of the molecule is CNC(=O)c1cn(-c2ccnc(Nc3ccc(N4CCNCC4)cc3Cl)n2)c2ccccc12. The molecule has 0 unspecified atom stereocenters.